The van der Waals surface area contributed by atoms with Gasteiger partial charge in [0, 0.05) is 12.5 Å². The van der Waals surface area contributed by atoms with Crippen LogP contribution in [-0.4, -0.2) is 24.9 Å². The van der Waals surface area contributed by atoms with Gasteiger partial charge in [-0.25, -0.2) is 0 Å². The van der Waals surface area contributed by atoms with Crippen molar-refractivity contribution in [1.29, 1.82) is 0 Å². The summed E-state index contributed by atoms with van der Waals surface area (Å²) in [6.45, 7) is 0.127. The highest BCUT2D eigenvalue weighted by molar-refractivity contribution is 5.35. The van der Waals surface area contributed by atoms with Crippen LogP contribution in [0.25, 0.3) is 0 Å². The van der Waals surface area contributed by atoms with E-state index < -0.39 is 11.8 Å². The maximum absolute atomic E-state index is 13.2. The van der Waals surface area contributed by atoms with E-state index >= 15 is 0 Å². The summed E-state index contributed by atoms with van der Waals surface area (Å²) >= 11 is 0. The molecule has 2 aliphatic rings. The smallest absolute Gasteiger partial charge is 0.421 e. The molecule has 1 saturated carbocycles. The Hall–Kier alpha value is -1.27. The Kier molecular flexibility index (Phi) is 3.17. The van der Waals surface area contributed by atoms with E-state index in [-0.39, 0.29) is 30.7 Å². The van der Waals surface area contributed by atoms with Crippen molar-refractivity contribution < 1.29 is 22.6 Å². The zero-order valence-electron chi connectivity index (χ0n) is 10.8. The van der Waals surface area contributed by atoms with Crippen molar-refractivity contribution in [2.45, 2.75) is 43.2 Å². The predicted molar refractivity (Wildman–Crippen MR) is 66.4 cm³/mol. The van der Waals surface area contributed by atoms with Crippen LogP contribution in [0.4, 0.5) is 13.2 Å². The number of hydrogen-bond acceptors (Lipinski definition) is 3. The van der Waals surface area contributed by atoms with E-state index in [1.54, 1.807) is 12.1 Å². The topological polar surface area (TPSA) is 44.5 Å². The molecule has 110 valence electrons. The number of nitrogens with two attached hydrogens (primary N) is 1. The van der Waals surface area contributed by atoms with Crippen LogP contribution in [0.5, 0.6) is 5.75 Å². The van der Waals surface area contributed by atoms with Crippen LogP contribution in [0.15, 0.2) is 24.3 Å². The average molecular weight is 287 g/mol. The van der Waals surface area contributed by atoms with E-state index in [4.69, 9.17) is 15.2 Å². The fourth-order valence-corrected chi connectivity index (χ4v) is 2.64. The average Bonchev–Trinajstić information content (AvgIpc) is 2.24. The van der Waals surface area contributed by atoms with Crippen LogP contribution in [0.2, 0.25) is 0 Å². The van der Waals surface area contributed by atoms with E-state index in [2.05, 4.69) is 0 Å². The molecule has 1 heterocycles. The first-order valence-electron chi connectivity index (χ1n) is 6.64. The quantitative estimate of drug-likeness (QED) is 0.929. The van der Waals surface area contributed by atoms with Crippen molar-refractivity contribution in [1.82, 2.24) is 0 Å². The standard InChI is InChI=1S/C14H16F3NO2/c15-14(16,17)13(4-5-19-13)9-2-1-3-11(6-9)20-12-7-10(18)8-12/h1-3,6,10,12H,4-5,7-8,18H2/t10?,12?,13-/m1/s1. The summed E-state index contributed by atoms with van der Waals surface area (Å²) in [7, 11) is 0. The molecule has 1 aromatic carbocycles. The lowest BCUT2D eigenvalue weighted by atomic mass is 9.85. The fourth-order valence-electron chi connectivity index (χ4n) is 2.64. The number of ether oxygens (including phenoxy) is 2. The number of rotatable bonds is 3. The Morgan fingerprint density at radius 2 is 2.00 bits per heavy atom. The molecular formula is C14H16F3NO2. The van der Waals surface area contributed by atoms with Crippen molar-refractivity contribution >= 4 is 0 Å². The first-order chi connectivity index (χ1) is 9.41. The molecule has 6 heteroatoms. The molecule has 1 atom stereocenters. The molecule has 3 rings (SSSR count). The van der Waals surface area contributed by atoms with Crippen LogP contribution in [0, 0.1) is 0 Å². The highest BCUT2D eigenvalue weighted by Crippen LogP contribution is 2.50. The maximum Gasteiger partial charge on any atom is 0.421 e. The largest absolute Gasteiger partial charge is 0.490 e. The Morgan fingerprint density at radius 1 is 1.30 bits per heavy atom. The van der Waals surface area contributed by atoms with Crippen molar-refractivity contribution in [2.75, 3.05) is 6.61 Å². The third-order valence-corrected chi connectivity index (χ3v) is 3.99. The molecule has 0 unspecified atom stereocenters. The molecule has 2 fully saturated rings. The number of alkyl halides is 3. The van der Waals surface area contributed by atoms with Gasteiger partial charge in [-0.05, 0) is 30.5 Å². The van der Waals surface area contributed by atoms with E-state index in [0.29, 0.717) is 5.75 Å². The number of benzene rings is 1. The van der Waals surface area contributed by atoms with Gasteiger partial charge in [0.15, 0.2) is 5.60 Å². The van der Waals surface area contributed by atoms with Crippen LogP contribution in [0.1, 0.15) is 24.8 Å². The maximum atomic E-state index is 13.2. The molecule has 20 heavy (non-hydrogen) atoms. The molecule has 0 aromatic heterocycles. The van der Waals surface area contributed by atoms with Gasteiger partial charge in [-0.1, -0.05) is 12.1 Å². The summed E-state index contributed by atoms with van der Waals surface area (Å²) in [5.41, 5.74) is 3.61. The lowest BCUT2D eigenvalue weighted by Gasteiger charge is -2.43. The van der Waals surface area contributed by atoms with E-state index in [1.165, 1.54) is 12.1 Å². The van der Waals surface area contributed by atoms with Crippen LogP contribution in [-0.2, 0) is 10.3 Å². The second-order valence-electron chi connectivity index (χ2n) is 5.42. The van der Waals surface area contributed by atoms with E-state index in [9.17, 15) is 13.2 Å². The normalized spacial score (nSPS) is 33.2. The summed E-state index contributed by atoms with van der Waals surface area (Å²) in [4.78, 5) is 0. The molecule has 1 aliphatic carbocycles. The predicted octanol–water partition coefficient (Wildman–Crippen LogP) is 2.73. The monoisotopic (exact) mass is 287 g/mol. The third-order valence-electron chi connectivity index (χ3n) is 3.99. The Bertz CT molecular complexity index is 493. The van der Waals surface area contributed by atoms with Crippen molar-refractivity contribution in [2.24, 2.45) is 5.73 Å². The van der Waals surface area contributed by atoms with Gasteiger partial charge in [-0.2, -0.15) is 13.2 Å². The van der Waals surface area contributed by atoms with Crippen LogP contribution in [0.3, 0.4) is 0 Å². The molecule has 1 aliphatic heterocycles. The summed E-state index contributed by atoms with van der Waals surface area (Å²) < 4.78 is 50.1. The van der Waals surface area contributed by atoms with Gasteiger partial charge in [-0.15, -0.1) is 0 Å². The summed E-state index contributed by atoms with van der Waals surface area (Å²) in [6.07, 6.45) is -2.97. The van der Waals surface area contributed by atoms with Gasteiger partial charge in [-0.3, -0.25) is 0 Å². The minimum Gasteiger partial charge on any atom is -0.490 e. The lowest BCUT2D eigenvalue weighted by Crippen LogP contribution is -2.52. The molecule has 3 nitrogen and oxygen atoms in total. The first kappa shape index (κ1) is 13.7. The van der Waals surface area contributed by atoms with Gasteiger partial charge >= 0.3 is 6.18 Å². The van der Waals surface area contributed by atoms with Crippen molar-refractivity contribution in [3.05, 3.63) is 29.8 Å². The SMILES string of the molecule is NC1CC(Oc2cccc([C@@]3(C(F)(F)F)CCO3)c2)C1. The Balaban J connectivity index is 1.80. The first-order valence-corrected chi connectivity index (χ1v) is 6.64. The van der Waals surface area contributed by atoms with Crippen LogP contribution < -0.4 is 10.5 Å². The molecule has 2 N–H and O–H groups in total. The summed E-state index contributed by atoms with van der Waals surface area (Å²) in [5.74, 6) is 0.443. The highest BCUT2D eigenvalue weighted by Gasteiger charge is 2.61. The fraction of sp³-hybridized carbons (Fsp3) is 0.571. The van der Waals surface area contributed by atoms with Gasteiger partial charge in [0.1, 0.15) is 11.9 Å². The van der Waals surface area contributed by atoms with E-state index in [0.717, 1.165) is 12.8 Å². The van der Waals surface area contributed by atoms with Gasteiger partial charge in [0.05, 0.1) is 6.61 Å². The van der Waals surface area contributed by atoms with Crippen molar-refractivity contribution in [3.63, 3.8) is 0 Å². The zero-order valence-corrected chi connectivity index (χ0v) is 10.8. The molecule has 1 saturated heterocycles. The minimum absolute atomic E-state index is 0.00407. The molecule has 1 aromatic rings. The van der Waals surface area contributed by atoms with E-state index in [1.807, 2.05) is 0 Å². The highest BCUT2D eigenvalue weighted by atomic mass is 19.4. The zero-order chi connectivity index (χ0) is 14.4. The van der Waals surface area contributed by atoms with Gasteiger partial charge in [0.25, 0.3) is 0 Å². The summed E-state index contributed by atoms with van der Waals surface area (Å²) in [5, 5.41) is 0. The Labute approximate surface area is 114 Å². The number of hydrogen-bond donors (Lipinski definition) is 1. The third kappa shape index (κ3) is 2.16. The molecule has 0 bridgehead atoms. The second kappa shape index (κ2) is 4.63. The van der Waals surface area contributed by atoms with Gasteiger partial charge in [0.2, 0.25) is 0 Å². The number of halogens is 3. The minimum atomic E-state index is -4.41. The lowest BCUT2D eigenvalue weighted by molar-refractivity contribution is -0.333. The molecule has 0 radical (unpaired) electrons. The molecule has 0 amide bonds. The van der Waals surface area contributed by atoms with Crippen LogP contribution >= 0.6 is 0 Å². The summed E-state index contributed by atoms with van der Waals surface area (Å²) in [6, 6.07) is 6.23. The molecule has 0 spiro atoms. The van der Waals surface area contributed by atoms with Crippen molar-refractivity contribution in [3.8, 4) is 5.75 Å². The second-order valence-corrected chi connectivity index (χ2v) is 5.42. The Morgan fingerprint density at radius 3 is 2.50 bits per heavy atom. The van der Waals surface area contributed by atoms with Gasteiger partial charge < -0.3 is 15.2 Å². The molecular weight excluding hydrogens is 271 g/mol.